The topological polar surface area (TPSA) is 20.2 Å². The first-order valence-corrected chi connectivity index (χ1v) is 7.96. The van der Waals surface area contributed by atoms with Crippen LogP contribution in [0, 0.1) is 0 Å². The molecule has 1 aromatic heterocycles. The third kappa shape index (κ3) is 3.48. The van der Waals surface area contributed by atoms with Crippen molar-refractivity contribution in [2.24, 2.45) is 0 Å². The second-order valence-electron chi connectivity index (χ2n) is 6.19. The summed E-state index contributed by atoms with van der Waals surface area (Å²) < 4.78 is 2.15. The van der Waals surface area contributed by atoms with Gasteiger partial charge in [0.15, 0.2) is 0 Å². The van der Waals surface area contributed by atoms with Crippen LogP contribution in [0.2, 0.25) is 0 Å². The second-order valence-corrected chi connectivity index (χ2v) is 6.19. The standard InChI is InChI=1S/C18H25N3/c1-15(2)20-12-8-16(9-13-20)19-17-6-5-7-18(14-17)21-10-3-4-11-21/h3-7,10-11,14-16,19H,8-9,12-13H2,1-2H3. The zero-order valence-corrected chi connectivity index (χ0v) is 13.0. The van der Waals surface area contributed by atoms with Gasteiger partial charge in [0.25, 0.3) is 0 Å². The zero-order chi connectivity index (χ0) is 14.7. The summed E-state index contributed by atoms with van der Waals surface area (Å²) in [4.78, 5) is 2.56. The molecule has 0 unspecified atom stereocenters. The molecule has 0 saturated carbocycles. The molecule has 1 N–H and O–H groups in total. The third-order valence-electron chi connectivity index (χ3n) is 4.38. The summed E-state index contributed by atoms with van der Waals surface area (Å²) >= 11 is 0. The van der Waals surface area contributed by atoms with Crippen molar-refractivity contribution < 1.29 is 0 Å². The van der Waals surface area contributed by atoms with E-state index >= 15 is 0 Å². The molecule has 112 valence electrons. The molecule has 3 rings (SSSR count). The molecule has 0 amide bonds. The van der Waals surface area contributed by atoms with Crippen LogP contribution in [0.25, 0.3) is 5.69 Å². The Morgan fingerprint density at radius 2 is 1.76 bits per heavy atom. The van der Waals surface area contributed by atoms with Gasteiger partial charge < -0.3 is 14.8 Å². The Labute approximate surface area is 127 Å². The Morgan fingerprint density at radius 1 is 1.05 bits per heavy atom. The van der Waals surface area contributed by atoms with Crippen molar-refractivity contribution in [3.05, 3.63) is 48.8 Å². The average molecular weight is 283 g/mol. The van der Waals surface area contributed by atoms with Crippen molar-refractivity contribution >= 4 is 5.69 Å². The number of nitrogens with zero attached hydrogens (tertiary/aromatic N) is 2. The Bertz CT molecular complexity index is 552. The van der Waals surface area contributed by atoms with Gasteiger partial charge in [-0.2, -0.15) is 0 Å². The van der Waals surface area contributed by atoms with Crippen LogP contribution in [-0.4, -0.2) is 34.6 Å². The number of hydrogen-bond acceptors (Lipinski definition) is 2. The highest BCUT2D eigenvalue weighted by atomic mass is 15.2. The fourth-order valence-electron chi connectivity index (χ4n) is 3.06. The molecule has 0 atom stereocenters. The van der Waals surface area contributed by atoms with Crippen LogP contribution in [0.5, 0.6) is 0 Å². The molecular formula is C18H25N3. The van der Waals surface area contributed by atoms with Gasteiger partial charge in [0.05, 0.1) is 0 Å². The van der Waals surface area contributed by atoms with E-state index < -0.39 is 0 Å². The van der Waals surface area contributed by atoms with E-state index in [9.17, 15) is 0 Å². The maximum atomic E-state index is 3.70. The maximum absolute atomic E-state index is 3.70. The molecule has 21 heavy (non-hydrogen) atoms. The van der Waals surface area contributed by atoms with Crippen LogP contribution < -0.4 is 5.32 Å². The van der Waals surface area contributed by atoms with E-state index in [2.05, 4.69) is 77.4 Å². The second kappa shape index (κ2) is 6.35. The number of anilines is 1. The van der Waals surface area contributed by atoms with Crippen LogP contribution >= 0.6 is 0 Å². The number of piperidine rings is 1. The van der Waals surface area contributed by atoms with E-state index in [1.807, 2.05) is 0 Å². The van der Waals surface area contributed by atoms with Gasteiger partial charge >= 0.3 is 0 Å². The first-order chi connectivity index (χ1) is 10.2. The van der Waals surface area contributed by atoms with Crippen LogP contribution in [0.1, 0.15) is 26.7 Å². The van der Waals surface area contributed by atoms with E-state index in [4.69, 9.17) is 0 Å². The summed E-state index contributed by atoms with van der Waals surface area (Å²) in [6.07, 6.45) is 6.62. The molecule has 3 heteroatoms. The molecule has 0 bridgehead atoms. The molecule has 1 aromatic carbocycles. The third-order valence-corrected chi connectivity index (χ3v) is 4.38. The van der Waals surface area contributed by atoms with Crippen molar-refractivity contribution in [3.8, 4) is 5.69 Å². The molecule has 1 fully saturated rings. The van der Waals surface area contributed by atoms with Gasteiger partial charge in [-0.25, -0.2) is 0 Å². The average Bonchev–Trinajstić information content (AvgIpc) is 3.02. The summed E-state index contributed by atoms with van der Waals surface area (Å²) in [5.41, 5.74) is 2.44. The fraction of sp³-hybridized carbons (Fsp3) is 0.444. The molecule has 2 aromatic rings. The van der Waals surface area contributed by atoms with E-state index in [1.165, 1.54) is 37.3 Å². The van der Waals surface area contributed by atoms with Crippen molar-refractivity contribution in [2.45, 2.75) is 38.8 Å². The number of benzene rings is 1. The quantitative estimate of drug-likeness (QED) is 0.922. The lowest BCUT2D eigenvalue weighted by Crippen LogP contribution is -2.42. The Morgan fingerprint density at radius 3 is 2.43 bits per heavy atom. The van der Waals surface area contributed by atoms with Gasteiger partial charge in [-0.1, -0.05) is 6.07 Å². The van der Waals surface area contributed by atoms with E-state index in [1.54, 1.807) is 0 Å². The minimum atomic E-state index is 0.597. The monoisotopic (exact) mass is 283 g/mol. The molecule has 3 nitrogen and oxygen atoms in total. The summed E-state index contributed by atoms with van der Waals surface area (Å²) in [7, 11) is 0. The molecule has 0 aliphatic carbocycles. The van der Waals surface area contributed by atoms with Gasteiger partial charge in [-0.15, -0.1) is 0 Å². The van der Waals surface area contributed by atoms with Gasteiger partial charge in [-0.3, -0.25) is 0 Å². The van der Waals surface area contributed by atoms with Gasteiger partial charge in [-0.05, 0) is 57.0 Å². The van der Waals surface area contributed by atoms with E-state index in [0.717, 1.165) is 0 Å². The lowest BCUT2D eigenvalue weighted by atomic mass is 10.0. The number of nitrogens with one attached hydrogen (secondary N) is 1. The van der Waals surface area contributed by atoms with Crippen LogP contribution in [0.4, 0.5) is 5.69 Å². The maximum Gasteiger partial charge on any atom is 0.0469 e. The Balaban J connectivity index is 1.62. The summed E-state index contributed by atoms with van der Waals surface area (Å²) in [5, 5.41) is 3.70. The molecule has 0 spiro atoms. The summed E-state index contributed by atoms with van der Waals surface area (Å²) in [6, 6.07) is 14.1. The number of hydrogen-bond donors (Lipinski definition) is 1. The summed E-state index contributed by atoms with van der Waals surface area (Å²) in [5.74, 6) is 0. The van der Waals surface area contributed by atoms with Crippen molar-refractivity contribution in [1.82, 2.24) is 9.47 Å². The largest absolute Gasteiger partial charge is 0.382 e. The molecule has 2 heterocycles. The number of aromatic nitrogens is 1. The van der Waals surface area contributed by atoms with Gasteiger partial charge in [0.1, 0.15) is 0 Å². The van der Waals surface area contributed by atoms with Gasteiger partial charge in [0, 0.05) is 48.9 Å². The Kier molecular flexibility index (Phi) is 4.30. The normalized spacial score (nSPS) is 17.3. The van der Waals surface area contributed by atoms with E-state index in [-0.39, 0.29) is 0 Å². The molecule has 1 saturated heterocycles. The lowest BCUT2D eigenvalue weighted by molar-refractivity contribution is 0.177. The minimum Gasteiger partial charge on any atom is -0.382 e. The zero-order valence-electron chi connectivity index (χ0n) is 13.0. The number of rotatable bonds is 4. The molecule has 0 radical (unpaired) electrons. The highest BCUT2D eigenvalue weighted by Gasteiger charge is 2.20. The number of likely N-dealkylation sites (tertiary alicyclic amines) is 1. The summed E-state index contributed by atoms with van der Waals surface area (Å²) in [6.45, 7) is 6.97. The first-order valence-electron chi connectivity index (χ1n) is 7.96. The van der Waals surface area contributed by atoms with Crippen LogP contribution in [0.15, 0.2) is 48.8 Å². The van der Waals surface area contributed by atoms with Crippen LogP contribution in [-0.2, 0) is 0 Å². The van der Waals surface area contributed by atoms with Crippen LogP contribution in [0.3, 0.4) is 0 Å². The fourth-order valence-corrected chi connectivity index (χ4v) is 3.06. The molecule has 1 aliphatic heterocycles. The van der Waals surface area contributed by atoms with Crippen molar-refractivity contribution in [3.63, 3.8) is 0 Å². The predicted molar refractivity (Wildman–Crippen MR) is 89.1 cm³/mol. The minimum absolute atomic E-state index is 0.597. The predicted octanol–water partition coefficient (Wildman–Crippen LogP) is 3.76. The lowest BCUT2D eigenvalue weighted by Gasteiger charge is -2.35. The smallest absolute Gasteiger partial charge is 0.0469 e. The van der Waals surface area contributed by atoms with Gasteiger partial charge in [0.2, 0.25) is 0 Å². The van der Waals surface area contributed by atoms with E-state index in [0.29, 0.717) is 12.1 Å². The molecule has 1 aliphatic rings. The SMILES string of the molecule is CC(C)N1CCC(Nc2cccc(-n3cccc3)c2)CC1. The highest BCUT2D eigenvalue weighted by molar-refractivity contribution is 5.51. The Hall–Kier alpha value is -1.74. The molecular weight excluding hydrogens is 258 g/mol. The van der Waals surface area contributed by atoms with Crippen molar-refractivity contribution in [1.29, 1.82) is 0 Å². The van der Waals surface area contributed by atoms with Crippen molar-refractivity contribution in [2.75, 3.05) is 18.4 Å². The highest BCUT2D eigenvalue weighted by Crippen LogP contribution is 2.20. The first kappa shape index (κ1) is 14.2.